The lowest BCUT2D eigenvalue weighted by atomic mass is 9.83. The molecule has 1 saturated carbocycles. The molecule has 1 heterocycles. The van der Waals surface area contributed by atoms with Crippen LogP contribution < -0.4 is 35.9 Å². The summed E-state index contributed by atoms with van der Waals surface area (Å²) in [5.74, 6) is 2.02. The van der Waals surface area contributed by atoms with Crippen LogP contribution in [0.4, 0.5) is 11.4 Å². The van der Waals surface area contributed by atoms with Gasteiger partial charge < -0.3 is 39.6 Å². The Balaban J connectivity index is 1.30. The molecular formula is C39H55N3O7. The van der Waals surface area contributed by atoms with E-state index in [0.29, 0.717) is 68.2 Å². The van der Waals surface area contributed by atoms with E-state index in [1.807, 2.05) is 36.4 Å². The normalized spacial score (nSPS) is 19.0. The first-order valence-electron chi connectivity index (χ1n) is 18.0. The number of aliphatic hydroxyl groups is 1. The Morgan fingerprint density at radius 3 is 2.33 bits per heavy atom. The van der Waals surface area contributed by atoms with Gasteiger partial charge in [0.2, 0.25) is 0 Å². The van der Waals surface area contributed by atoms with E-state index in [9.17, 15) is 14.7 Å². The van der Waals surface area contributed by atoms with Crippen molar-refractivity contribution in [1.29, 1.82) is 0 Å². The largest absolute Gasteiger partial charge is 0.497 e. The van der Waals surface area contributed by atoms with Crippen molar-refractivity contribution in [2.24, 2.45) is 11.8 Å². The fraction of sp³-hybridized carbons (Fsp3) is 0.590. The summed E-state index contributed by atoms with van der Waals surface area (Å²) in [6.07, 6.45) is 8.32. The Morgan fingerprint density at radius 1 is 0.898 bits per heavy atom. The van der Waals surface area contributed by atoms with E-state index in [1.54, 1.807) is 21.3 Å². The molecule has 10 nitrogen and oxygen atoms in total. The molecule has 3 aromatic carbocycles. The molecule has 2 fully saturated rings. The molecule has 268 valence electrons. The lowest BCUT2D eigenvalue weighted by molar-refractivity contribution is -0.00235. The highest BCUT2D eigenvalue weighted by atomic mass is 16.5. The van der Waals surface area contributed by atoms with Gasteiger partial charge in [-0.3, -0.25) is 9.59 Å². The van der Waals surface area contributed by atoms with Gasteiger partial charge in [0.1, 0.15) is 22.9 Å². The molecule has 0 amide bonds. The molecule has 1 saturated heterocycles. The zero-order chi connectivity index (χ0) is 34.6. The molecule has 0 radical (unpaired) electrons. The fourth-order valence-electron chi connectivity index (χ4n) is 7.59. The van der Waals surface area contributed by atoms with Gasteiger partial charge in [-0.25, -0.2) is 0 Å². The van der Waals surface area contributed by atoms with Crippen LogP contribution in [-0.2, 0) is 16.0 Å². The first kappa shape index (κ1) is 36.8. The zero-order valence-corrected chi connectivity index (χ0v) is 29.5. The van der Waals surface area contributed by atoms with Crippen molar-refractivity contribution in [2.45, 2.75) is 82.6 Å². The third-order valence-corrected chi connectivity index (χ3v) is 10.2. The van der Waals surface area contributed by atoms with Crippen molar-refractivity contribution in [2.75, 3.05) is 64.4 Å². The molecule has 0 unspecified atom stereocenters. The fourth-order valence-corrected chi connectivity index (χ4v) is 7.59. The van der Waals surface area contributed by atoms with Crippen molar-refractivity contribution in [3.8, 4) is 11.5 Å². The van der Waals surface area contributed by atoms with Crippen LogP contribution >= 0.6 is 0 Å². The highest BCUT2D eigenvalue weighted by Crippen LogP contribution is 2.36. The number of anilines is 2. The smallest absolute Gasteiger partial charge is 0.253 e. The minimum atomic E-state index is -0.774. The molecule has 0 aromatic heterocycles. The van der Waals surface area contributed by atoms with Gasteiger partial charge in [0.05, 0.1) is 32.5 Å². The Kier molecular flexibility index (Phi) is 13.9. The van der Waals surface area contributed by atoms with E-state index in [2.05, 4.69) is 27.7 Å². The minimum absolute atomic E-state index is 0.125. The van der Waals surface area contributed by atoms with Gasteiger partial charge in [-0.1, -0.05) is 62.4 Å². The number of piperidine rings is 1. The van der Waals surface area contributed by atoms with Crippen LogP contribution in [0.2, 0.25) is 0 Å². The summed E-state index contributed by atoms with van der Waals surface area (Å²) < 4.78 is 22.5. The van der Waals surface area contributed by atoms with Crippen LogP contribution in [0.15, 0.2) is 58.1 Å². The number of nitrogens with one attached hydrogen (secondary N) is 2. The third kappa shape index (κ3) is 9.84. The van der Waals surface area contributed by atoms with Crippen LogP contribution in [0.1, 0.15) is 75.0 Å². The zero-order valence-electron chi connectivity index (χ0n) is 29.5. The average molecular weight is 678 g/mol. The Labute approximate surface area is 290 Å². The molecule has 10 heteroatoms. The first-order chi connectivity index (χ1) is 23.9. The van der Waals surface area contributed by atoms with Crippen molar-refractivity contribution in [1.82, 2.24) is 5.32 Å². The second-order valence-corrected chi connectivity index (χ2v) is 13.7. The van der Waals surface area contributed by atoms with Crippen LogP contribution in [0, 0.1) is 11.8 Å². The predicted molar refractivity (Wildman–Crippen MR) is 194 cm³/mol. The maximum absolute atomic E-state index is 13.2. The highest BCUT2D eigenvalue weighted by molar-refractivity contribution is 5.75. The molecule has 1 aliphatic heterocycles. The Bertz CT molecular complexity index is 1480. The number of methoxy groups -OCH3 is 3. The molecular weight excluding hydrogens is 622 g/mol. The summed E-state index contributed by atoms with van der Waals surface area (Å²) in [6, 6.07) is 15.6. The number of rotatable bonds is 19. The van der Waals surface area contributed by atoms with E-state index >= 15 is 0 Å². The molecule has 0 bridgehead atoms. The van der Waals surface area contributed by atoms with Crippen LogP contribution in [-0.4, -0.2) is 71.4 Å². The topological polar surface area (TPSA) is 119 Å². The van der Waals surface area contributed by atoms with Crippen LogP contribution in [0.5, 0.6) is 11.5 Å². The lowest BCUT2D eigenvalue weighted by Crippen LogP contribution is -2.50. The molecule has 0 spiro atoms. The monoisotopic (exact) mass is 677 g/mol. The second-order valence-electron chi connectivity index (χ2n) is 13.7. The van der Waals surface area contributed by atoms with Crippen molar-refractivity contribution in [3.05, 3.63) is 80.1 Å². The summed E-state index contributed by atoms with van der Waals surface area (Å²) in [5, 5.41) is 18.4. The minimum Gasteiger partial charge on any atom is -0.497 e. The third-order valence-electron chi connectivity index (χ3n) is 10.2. The quantitative estimate of drug-likeness (QED) is 0.115. The number of aliphatic hydroxyl groups excluding tert-OH is 1. The molecule has 1 aliphatic carbocycles. The number of hydrogen-bond acceptors (Lipinski definition) is 10. The number of nitrogens with zero attached hydrogens (tertiary/aromatic N) is 1. The Hall–Kier alpha value is -3.44. The van der Waals surface area contributed by atoms with E-state index in [0.717, 1.165) is 49.7 Å². The van der Waals surface area contributed by atoms with E-state index in [4.69, 9.17) is 18.9 Å². The molecule has 2 aliphatic rings. The van der Waals surface area contributed by atoms with Gasteiger partial charge in [-0.2, -0.15) is 0 Å². The summed E-state index contributed by atoms with van der Waals surface area (Å²) in [7, 11) is 4.94. The second kappa shape index (κ2) is 18.5. The number of hydrogen-bond donors (Lipinski definition) is 3. The predicted octanol–water partition coefficient (Wildman–Crippen LogP) is 5.21. The standard InChI is InChI=1S/C39H55N3O7/c1-46-18-11-19-49-39(29-14-8-5-9-15-29)30-16-10-17-42(26-30)36-35(37(44)38(36)45)41-33(22-27-12-6-4-7-13-27)34(43)25-40-24-28-20-31(47-2)23-32(21-28)48-3/h5,8-9,14-15,20-21,23,27,30,33-34,39-41,43H,4,6-7,10-13,16-19,22,24-26H2,1-3H3/t30-,33+,34-,39+/m1/s1. The maximum Gasteiger partial charge on any atom is 0.253 e. The summed E-state index contributed by atoms with van der Waals surface area (Å²) in [4.78, 5) is 28.5. The summed E-state index contributed by atoms with van der Waals surface area (Å²) in [5.41, 5.74) is 1.95. The van der Waals surface area contributed by atoms with E-state index in [-0.39, 0.29) is 18.1 Å². The van der Waals surface area contributed by atoms with Gasteiger partial charge in [0.15, 0.2) is 0 Å². The van der Waals surface area contributed by atoms with Crippen molar-refractivity contribution >= 4 is 11.4 Å². The first-order valence-corrected chi connectivity index (χ1v) is 18.0. The van der Waals surface area contributed by atoms with Gasteiger partial charge in [0.25, 0.3) is 10.9 Å². The molecule has 5 rings (SSSR count). The van der Waals surface area contributed by atoms with Gasteiger partial charge in [-0.15, -0.1) is 0 Å². The van der Waals surface area contributed by atoms with Gasteiger partial charge >= 0.3 is 0 Å². The molecule has 3 aromatic rings. The van der Waals surface area contributed by atoms with Crippen LogP contribution in [0.3, 0.4) is 0 Å². The van der Waals surface area contributed by atoms with Crippen molar-refractivity contribution in [3.63, 3.8) is 0 Å². The molecule has 3 N–H and O–H groups in total. The van der Waals surface area contributed by atoms with Gasteiger partial charge in [0, 0.05) is 58.5 Å². The SMILES string of the molecule is COCCCO[C@@H](c1ccccc1)[C@@H]1CCCN(c2c(N[C@@H](CC3CCCCC3)[C@H](O)CNCc3cc(OC)cc(OC)c3)c(=O)c2=O)C1. The van der Waals surface area contributed by atoms with E-state index < -0.39 is 17.0 Å². The van der Waals surface area contributed by atoms with Crippen LogP contribution in [0.25, 0.3) is 0 Å². The number of ether oxygens (including phenoxy) is 4. The van der Waals surface area contributed by atoms with Crippen molar-refractivity contribution < 1.29 is 24.1 Å². The summed E-state index contributed by atoms with van der Waals surface area (Å²) in [6.45, 7) is 3.36. The summed E-state index contributed by atoms with van der Waals surface area (Å²) >= 11 is 0. The lowest BCUT2D eigenvalue weighted by Gasteiger charge is -2.40. The number of benzene rings is 2. The molecule has 4 atom stereocenters. The molecule has 49 heavy (non-hydrogen) atoms. The average Bonchev–Trinajstić information content (AvgIpc) is 3.14. The Morgan fingerprint density at radius 2 is 1.63 bits per heavy atom. The van der Waals surface area contributed by atoms with Gasteiger partial charge in [-0.05, 0) is 54.9 Å². The van der Waals surface area contributed by atoms with E-state index in [1.165, 1.54) is 19.3 Å². The maximum atomic E-state index is 13.2. The highest BCUT2D eigenvalue weighted by Gasteiger charge is 2.35.